The highest BCUT2D eigenvalue weighted by Gasteiger charge is 2.23. The van der Waals surface area contributed by atoms with Crippen molar-refractivity contribution in [2.75, 3.05) is 5.32 Å². The third kappa shape index (κ3) is 4.05. The molecule has 4 N–H and O–H groups in total. The van der Waals surface area contributed by atoms with Crippen LogP contribution in [0.2, 0.25) is 0 Å². The quantitative estimate of drug-likeness (QED) is 0.371. The van der Waals surface area contributed by atoms with Crippen molar-refractivity contribution in [1.29, 1.82) is 0 Å². The number of hydrogen-bond donors (Lipinski definition) is 4. The molecule has 3 aromatic carbocycles. The lowest BCUT2D eigenvalue weighted by molar-refractivity contribution is 0.102. The SMILES string of the molecule is Cc1ccc(-c2ccc(NC(=O)c3c(O)[nH]c(Cc4ccccc4)c3O)cc2)cc1. The van der Waals surface area contributed by atoms with Gasteiger partial charge in [0, 0.05) is 12.1 Å². The Kier molecular flexibility index (Phi) is 5.26. The van der Waals surface area contributed by atoms with E-state index in [0.717, 1.165) is 16.7 Å². The molecule has 0 aliphatic rings. The molecule has 0 saturated heterocycles. The zero-order chi connectivity index (χ0) is 21.1. The fourth-order valence-electron chi connectivity index (χ4n) is 3.36. The van der Waals surface area contributed by atoms with Gasteiger partial charge in [0.05, 0.1) is 5.69 Å². The van der Waals surface area contributed by atoms with Crippen molar-refractivity contribution in [2.45, 2.75) is 13.3 Å². The smallest absolute Gasteiger partial charge is 0.264 e. The van der Waals surface area contributed by atoms with Crippen LogP contribution in [0.25, 0.3) is 11.1 Å². The maximum Gasteiger partial charge on any atom is 0.264 e. The molecule has 0 aliphatic heterocycles. The number of anilines is 1. The molecule has 0 radical (unpaired) electrons. The van der Waals surface area contributed by atoms with Gasteiger partial charge in [-0.3, -0.25) is 4.79 Å². The molecule has 150 valence electrons. The largest absolute Gasteiger partial charge is 0.505 e. The number of rotatable bonds is 5. The molecule has 1 aromatic heterocycles. The first-order chi connectivity index (χ1) is 14.5. The third-order valence-corrected chi connectivity index (χ3v) is 5.01. The molecule has 5 nitrogen and oxygen atoms in total. The average molecular weight is 398 g/mol. The summed E-state index contributed by atoms with van der Waals surface area (Å²) in [6.07, 6.45) is 0.374. The first kappa shape index (κ1) is 19.3. The maximum absolute atomic E-state index is 12.7. The van der Waals surface area contributed by atoms with E-state index < -0.39 is 5.91 Å². The van der Waals surface area contributed by atoms with Gasteiger partial charge in [0.25, 0.3) is 5.91 Å². The molecular weight excluding hydrogens is 376 g/mol. The molecule has 4 aromatic rings. The Balaban J connectivity index is 1.50. The van der Waals surface area contributed by atoms with E-state index in [2.05, 4.69) is 22.4 Å². The summed E-state index contributed by atoms with van der Waals surface area (Å²) >= 11 is 0. The Morgan fingerprint density at radius 1 is 0.867 bits per heavy atom. The van der Waals surface area contributed by atoms with E-state index in [-0.39, 0.29) is 17.2 Å². The number of aromatic amines is 1. The molecule has 0 unspecified atom stereocenters. The van der Waals surface area contributed by atoms with Gasteiger partial charge in [0.15, 0.2) is 5.75 Å². The van der Waals surface area contributed by atoms with Crippen LogP contribution in [0, 0.1) is 6.92 Å². The molecule has 0 bridgehead atoms. The number of H-pyrrole nitrogens is 1. The molecule has 0 atom stereocenters. The highest BCUT2D eigenvalue weighted by atomic mass is 16.3. The minimum Gasteiger partial charge on any atom is -0.505 e. The van der Waals surface area contributed by atoms with Crippen molar-refractivity contribution in [3.63, 3.8) is 0 Å². The molecule has 5 heteroatoms. The number of amides is 1. The van der Waals surface area contributed by atoms with Gasteiger partial charge < -0.3 is 20.5 Å². The van der Waals surface area contributed by atoms with Gasteiger partial charge in [-0.15, -0.1) is 0 Å². The Labute approximate surface area is 174 Å². The Morgan fingerprint density at radius 3 is 2.10 bits per heavy atom. The lowest BCUT2D eigenvalue weighted by Gasteiger charge is -2.07. The second kappa shape index (κ2) is 8.17. The van der Waals surface area contributed by atoms with Crippen LogP contribution in [-0.4, -0.2) is 21.1 Å². The fraction of sp³-hybridized carbons (Fsp3) is 0.0800. The van der Waals surface area contributed by atoms with E-state index in [9.17, 15) is 15.0 Å². The summed E-state index contributed by atoms with van der Waals surface area (Å²) in [7, 11) is 0. The van der Waals surface area contributed by atoms with Crippen LogP contribution < -0.4 is 5.32 Å². The highest BCUT2D eigenvalue weighted by molar-refractivity contribution is 6.08. The molecular formula is C25H22N2O3. The van der Waals surface area contributed by atoms with Crippen LogP contribution >= 0.6 is 0 Å². The summed E-state index contributed by atoms with van der Waals surface area (Å²) in [5.74, 6) is -1.18. The van der Waals surface area contributed by atoms with Gasteiger partial charge in [0.1, 0.15) is 5.56 Å². The van der Waals surface area contributed by atoms with E-state index in [1.165, 1.54) is 5.56 Å². The first-order valence-corrected chi connectivity index (χ1v) is 9.66. The Hall–Kier alpha value is -3.99. The van der Waals surface area contributed by atoms with Gasteiger partial charge in [-0.1, -0.05) is 72.3 Å². The van der Waals surface area contributed by atoms with E-state index in [1.54, 1.807) is 12.1 Å². The summed E-state index contributed by atoms with van der Waals surface area (Å²) in [5, 5.41) is 23.4. The van der Waals surface area contributed by atoms with Crippen molar-refractivity contribution in [1.82, 2.24) is 4.98 Å². The van der Waals surface area contributed by atoms with E-state index >= 15 is 0 Å². The van der Waals surface area contributed by atoms with Crippen LogP contribution in [0.1, 0.15) is 27.2 Å². The van der Waals surface area contributed by atoms with E-state index in [1.807, 2.05) is 61.5 Å². The minimum absolute atomic E-state index is 0.163. The molecule has 0 saturated carbocycles. The van der Waals surface area contributed by atoms with Gasteiger partial charge in [-0.05, 0) is 35.7 Å². The summed E-state index contributed by atoms with van der Waals surface area (Å²) in [5.41, 5.74) is 5.06. The maximum atomic E-state index is 12.7. The van der Waals surface area contributed by atoms with Crippen molar-refractivity contribution in [3.8, 4) is 22.8 Å². The molecule has 1 amide bonds. The monoisotopic (exact) mass is 398 g/mol. The molecule has 0 spiro atoms. The number of aromatic hydroxyl groups is 2. The summed E-state index contributed by atoms with van der Waals surface area (Å²) in [6, 6.07) is 25.1. The Morgan fingerprint density at radius 2 is 1.47 bits per heavy atom. The van der Waals surface area contributed by atoms with Crippen LogP contribution in [-0.2, 0) is 6.42 Å². The number of hydrogen-bond acceptors (Lipinski definition) is 3. The molecule has 4 rings (SSSR count). The summed E-state index contributed by atoms with van der Waals surface area (Å²) in [6.45, 7) is 2.04. The minimum atomic E-state index is -0.580. The summed E-state index contributed by atoms with van der Waals surface area (Å²) < 4.78 is 0. The second-order valence-electron chi connectivity index (χ2n) is 7.24. The molecule has 0 fully saturated rings. The van der Waals surface area contributed by atoms with Crippen molar-refractivity contribution < 1.29 is 15.0 Å². The topological polar surface area (TPSA) is 85.4 Å². The lowest BCUT2D eigenvalue weighted by Crippen LogP contribution is -2.11. The van der Waals surface area contributed by atoms with Crippen LogP contribution in [0.5, 0.6) is 11.6 Å². The first-order valence-electron chi connectivity index (χ1n) is 9.66. The normalized spacial score (nSPS) is 10.7. The van der Waals surface area contributed by atoms with Crippen LogP contribution in [0.3, 0.4) is 0 Å². The highest BCUT2D eigenvalue weighted by Crippen LogP contribution is 2.33. The number of aryl methyl sites for hydroxylation is 1. The van der Waals surface area contributed by atoms with Crippen LogP contribution in [0.15, 0.2) is 78.9 Å². The zero-order valence-electron chi connectivity index (χ0n) is 16.5. The van der Waals surface area contributed by atoms with E-state index in [0.29, 0.717) is 17.8 Å². The predicted octanol–water partition coefficient (Wildman–Crippen LogP) is 5.24. The lowest BCUT2D eigenvalue weighted by atomic mass is 10.0. The molecule has 0 aliphatic carbocycles. The molecule has 30 heavy (non-hydrogen) atoms. The van der Waals surface area contributed by atoms with Gasteiger partial charge in [-0.2, -0.15) is 0 Å². The fourth-order valence-corrected chi connectivity index (χ4v) is 3.36. The summed E-state index contributed by atoms with van der Waals surface area (Å²) in [4.78, 5) is 15.4. The number of benzene rings is 3. The zero-order valence-corrected chi connectivity index (χ0v) is 16.5. The van der Waals surface area contributed by atoms with Crippen molar-refractivity contribution in [3.05, 3.63) is 101 Å². The number of nitrogens with one attached hydrogen (secondary N) is 2. The number of aromatic nitrogens is 1. The van der Waals surface area contributed by atoms with Gasteiger partial charge in [0.2, 0.25) is 5.88 Å². The van der Waals surface area contributed by atoms with E-state index in [4.69, 9.17) is 0 Å². The second-order valence-corrected chi connectivity index (χ2v) is 7.24. The molecule has 1 heterocycles. The average Bonchev–Trinajstić information content (AvgIpc) is 3.03. The van der Waals surface area contributed by atoms with Crippen molar-refractivity contribution in [2.24, 2.45) is 0 Å². The Bertz CT molecular complexity index is 1160. The standard InChI is InChI=1S/C25H22N2O3/c1-16-7-9-18(10-8-16)19-11-13-20(14-12-19)26-24(29)22-23(28)21(27-25(22)30)15-17-5-3-2-4-6-17/h2-14,27-28,30H,15H2,1H3,(H,26,29). The predicted molar refractivity (Wildman–Crippen MR) is 118 cm³/mol. The van der Waals surface area contributed by atoms with Crippen molar-refractivity contribution >= 4 is 11.6 Å². The van der Waals surface area contributed by atoms with Gasteiger partial charge >= 0.3 is 0 Å². The number of carbonyl (C=O) groups is 1. The third-order valence-electron chi connectivity index (χ3n) is 5.01. The van der Waals surface area contributed by atoms with Crippen LogP contribution in [0.4, 0.5) is 5.69 Å². The van der Waals surface area contributed by atoms with Gasteiger partial charge in [-0.25, -0.2) is 0 Å². The number of carbonyl (C=O) groups excluding carboxylic acids is 1.